The number of fused-ring (bicyclic) bond motifs is 1. The summed E-state index contributed by atoms with van der Waals surface area (Å²) in [5, 5.41) is 22.0. The molecule has 3 heterocycles. The number of rotatable bonds is 3. The first-order chi connectivity index (χ1) is 15.6. The summed E-state index contributed by atoms with van der Waals surface area (Å²) in [5.41, 5.74) is 5.46. The van der Waals surface area contributed by atoms with Crippen LogP contribution in [0.1, 0.15) is 22.6 Å². The minimum absolute atomic E-state index is 0.103. The van der Waals surface area contributed by atoms with Gasteiger partial charge in [0.05, 0.1) is 35.7 Å². The molecule has 176 valence electrons. The number of nitrogens with two attached hydrogens (primary N) is 1. The average molecular weight is 466 g/mol. The van der Waals surface area contributed by atoms with E-state index in [1.807, 2.05) is 18.2 Å². The van der Waals surface area contributed by atoms with E-state index in [-0.39, 0.29) is 18.1 Å². The molecule has 10 nitrogen and oxygen atoms in total. The van der Waals surface area contributed by atoms with E-state index in [1.165, 1.54) is 6.20 Å². The number of nitrogens with zero attached hydrogens (tertiary/aromatic N) is 4. The summed E-state index contributed by atoms with van der Waals surface area (Å²) in [6.45, 7) is 0.458. The van der Waals surface area contributed by atoms with Gasteiger partial charge >= 0.3 is 6.18 Å². The summed E-state index contributed by atoms with van der Waals surface area (Å²) in [6.07, 6.45) is -3.45. The van der Waals surface area contributed by atoms with Crippen LogP contribution in [0, 0.1) is 0 Å². The number of alkyl halides is 3. The highest BCUT2D eigenvalue weighted by atomic mass is 19.4. The van der Waals surface area contributed by atoms with E-state index in [0.717, 1.165) is 6.20 Å². The van der Waals surface area contributed by atoms with Crippen molar-refractivity contribution in [3.05, 3.63) is 54.2 Å². The molecule has 1 fully saturated rings. The van der Waals surface area contributed by atoms with Gasteiger partial charge in [0.25, 0.3) is 5.91 Å². The van der Waals surface area contributed by atoms with E-state index in [0.29, 0.717) is 30.3 Å². The molecule has 1 aromatic carbocycles. The SMILES string of the molecule is Nc1cncc(C(F)(F)F)n1.O=C(NCC1OCCC(O)C1O)c1cnc2ccccc2n1. The van der Waals surface area contributed by atoms with Crippen molar-refractivity contribution in [1.82, 2.24) is 25.3 Å². The normalized spacial score (nSPS) is 20.6. The van der Waals surface area contributed by atoms with Crippen LogP contribution in [0.5, 0.6) is 0 Å². The zero-order chi connectivity index (χ0) is 24.0. The Balaban J connectivity index is 0.000000235. The predicted molar refractivity (Wildman–Crippen MR) is 110 cm³/mol. The van der Waals surface area contributed by atoms with Gasteiger partial charge in [-0.2, -0.15) is 13.2 Å². The maximum absolute atomic E-state index is 12.1. The van der Waals surface area contributed by atoms with Crippen molar-refractivity contribution in [3.63, 3.8) is 0 Å². The topological polar surface area (TPSA) is 156 Å². The maximum Gasteiger partial charge on any atom is 0.434 e. The highest BCUT2D eigenvalue weighted by molar-refractivity contribution is 5.93. The summed E-state index contributed by atoms with van der Waals surface area (Å²) in [4.78, 5) is 26.8. The molecule has 1 saturated heterocycles. The lowest BCUT2D eigenvalue weighted by atomic mass is 10.0. The summed E-state index contributed by atoms with van der Waals surface area (Å²) in [5.74, 6) is -0.631. The molecule has 3 unspecified atom stereocenters. The molecule has 0 aliphatic carbocycles. The van der Waals surface area contributed by atoms with Gasteiger partial charge < -0.3 is 26.0 Å². The second kappa shape index (κ2) is 10.5. The van der Waals surface area contributed by atoms with Crippen LogP contribution in [0.25, 0.3) is 11.0 Å². The monoisotopic (exact) mass is 466 g/mol. The van der Waals surface area contributed by atoms with Gasteiger partial charge in [-0.05, 0) is 18.6 Å². The molecule has 33 heavy (non-hydrogen) atoms. The number of halogens is 3. The van der Waals surface area contributed by atoms with E-state index < -0.39 is 36.1 Å². The summed E-state index contributed by atoms with van der Waals surface area (Å²) in [6, 6.07) is 7.28. The molecule has 2 aromatic heterocycles. The molecule has 0 radical (unpaired) electrons. The molecule has 3 atom stereocenters. The van der Waals surface area contributed by atoms with Crippen molar-refractivity contribution >= 4 is 22.8 Å². The van der Waals surface area contributed by atoms with E-state index in [4.69, 9.17) is 10.5 Å². The first kappa shape index (κ1) is 24.2. The number of carbonyl (C=O) groups is 1. The molecule has 5 N–H and O–H groups in total. The van der Waals surface area contributed by atoms with Gasteiger partial charge in [0.15, 0.2) is 5.69 Å². The summed E-state index contributed by atoms with van der Waals surface area (Å²) in [7, 11) is 0. The molecule has 1 amide bonds. The molecular weight excluding hydrogens is 445 g/mol. The van der Waals surface area contributed by atoms with Gasteiger partial charge in [0.2, 0.25) is 0 Å². The second-order valence-electron chi connectivity index (χ2n) is 7.04. The predicted octanol–water partition coefficient (Wildman–Crippen LogP) is 0.948. The Bertz CT molecular complexity index is 1100. The fraction of sp³-hybridized carbons (Fsp3) is 0.350. The van der Waals surface area contributed by atoms with Gasteiger partial charge in [0.1, 0.15) is 23.7 Å². The minimum atomic E-state index is -4.47. The number of hydrogen-bond acceptors (Lipinski definition) is 9. The fourth-order valence-corrected chi connectivity index (χ4v) is 2.91. The van der Waals surface area contributed by atoms with Crippen LogP contribution in [0.2, 0.25) is 0 Å². The Kier molecular flexibility index (Phi) is 7.68. The van der Waals surface area contributed by atoms with Gasteiger partial charge in [0, 0.05) is 13.2 Å². The van der Waals surface area contributed by atoms with E-state index in [1.54, 1.807) is 6.07 Å². The number of carbonyl (C=O) groups excluding carboxylic acids is 1. The second-order valence-corrected chi connectivity index (χ2v) is 7.04. The van der Waals surface area contributed by atoms with Crippen LogP contribution in [0.4, 0.5) is 19.0 Å². The molecule has 4 rings (SSSR count). The zero-order valence-corrected chi connectivity index (χ0v) is 17.1. The summed E-state index contributed by atoms with van der Waals surface area (Å²) >= 11 is 0. The number of ether oxygens (including phenoxy) is 1. The maximum atomic E-state index is 12.1. The number of aliphatic hydroxyl groups is 2. The standard InChI is InChI=1S/C15H17N3O4.C5H4F3N3/c19-12-5-6-22-13(14(12)20)8-17-15(21)11-7-16-9-3-1-2-4-10(9)18-11;6-5(7,8)3-1-10-2-4(9)11-3/h1-4,7,12-14,19-20H,5-6,8H2,(H,17,21);1-2H,(H2,9,11). The van der Waals surface area contributed by atoms with Crippen molar-refractivity contribution in [1.29, 1.82) is 0 Å². The van der Waals surface area contributed by atoms with Crippen LogP contribution in [0.15, 0.2) is 42.9 Å². The van der Waals surface area contributed by atoms with Gasteiger partial charge in [-0.3, -0.25) is 14.8 Å². The van der Waals surface area contributed by atoms with Crippen molar-refractivity contribution in [2.45, 2.75) is 30.9 Å². The van der Waals surface area contributed by atoms with Crippen molar-refractivity contribution in [3.8, 4) is 0 Å². The zero-order valence-electron chi connectivity index (χ0n) is 17.1. The Morgan fingerprint density at radius 2 is 1.88 bits per heavy atom. The third-order valence-corrected chi connectivity index (χ3v) is 4.61. The number of benzene rings is 1. The van der Waals surface area contributed by atoms with E-state index >= 15 is 0 Å². The number of aromatic nitrogens is 4. The highest BCUT2D eigenvalue weighted by Crippen LogP contribution is 2.26. The van der Waals surface area contributed by atoms with Crippen molar-refractivity contribution in [2.75, 3.05) is 18.9 Å². The largest absolute Gasteiger partial charge is 0.434 e. The lowest BCUT2D eigenvalue weighted by Gasteiger charge is -2.31. The molecule has 1 aliphatic heterocycles. The van der Waals surface area contributed by atoms with Crippen molar-refractivity contribution < 1.29 is 32.9 Å². The fourth-order valence-electron chi connectivity index (χ4n) is 2.91. The number of anilines is 1. The van der Waals surface area contributed by atoms with Crippen LogP contribution < -0.4 is 11.1 Å². The van der Waals surface area contributed by atoms with E-state index in [9.17, 15) is 28.2 Å². The lowest BCUT2D eigenvalue weighted by Crippen LogP contribution is -2.50. The number of nitrogen functional groups attached to an aromatic ring is 1. The molecule has 0 spiro atoms. The van der Waals surface area contributed by atoms with Gasteiger partial charge in [-0.1, -0.05) is 12.1 Å². The number of aliphatic hydroxyl groups excluding tert-OH is 2. The Morgan fingerprint density at radius 1 is 1.15 bits per heavy atom. The lowest BCUT2D eigenvalue weighted by molar-refractivity contribution is -0.141. The Labute approximate surface area is 185 Å². The van der Waals surface area contributed by atoms with Gasteiger partial charge in [-0.25, -0.2) is 9.97 Å². The van der Waals surface area contributed by atoms with Gasteiger partial charge in [-0.15, -0.1) is 0 Å². The highest BCUT2D eigenvalue weighted by Gasteiger charge is 2.33. The third kappa shape index (κ3) is 6.54. The molecule has 13 heteroatoms. The number of hydrogen-bond donors (Lipinski definition) is 4. The number of nitrogens with one attached hydrogen (secondary N) is 1. The van der Waals surface area contributed by atoms with Crippen LogP contribution >= 0.6 is 0 Å². The summed E-state index contributed by atoms with van der Waals surface area (Å²) < 4.78 is 40.8. The number of amides is 1. The number of para-hydroxylation sites is 2. The van der Waals surface area contributed by atoms with Crippen molar-refractivity contribution in [2.24, 2.45) is 0 Å². The smallest absolute Gasteiger partial charge is 0.390 e. The third-order valence-electron chi connectivity index (χ3n) is 4.61. The minimum Gasteiger partial charge on any atom is -0.390 e. The molecule has 0 saturated carbocycles. The Hall–Kier alpha value is -3.42. The molecule has 1 aliphatic rings. The quantitative estimate of drug-likeness (QED) is 0.441. The van der Waals surface area contributed by atoms with Crippen LogP contribution in [-0.4, -0.2) is 67.5 Å². The first-order valence-corrected chi connectivity index (χ1v) is 9.77. The molecule has 0 bridgehead atoms. The van der Waals surface area contributed by atoms with Crippen LogP contribution in [-0.2, 0) is 10.9 Å². The van der Waals surface area contributed by atoms with Crippen LogP contribution in [0.3, 0.4) is 0 Å². The average Bonchev–Trinajstić information content (AvgIpc) is 2.79. The molecular formula is C20H21F3N6O4. The Morgan fingerprint density at radius 3 is 2.55 bits per heavy atom. The first-order valence-electron chi connectivity index (χ1n) is 9.77. The van der Waals surface area contributed by atoms with E-state index in [2.05, 4.69) is 25.3 Å². The molecule has 3 aromatic rings.